The molecule has 3 aliphatic rings. The highest BCUT2D eigenvalue weighted by Crippen LogP contribution is 2.59. The van der Waals surface area contributed by atoms with E-state index in [1.165, 1.54) is 13.1 Å². The lowest BCUT2D eigenvalue weighted by molar-refractivity contribution is -0.131. The van der Waals surface area contributed by atoms with Crippen molar-refractivity contribution in [1.29, 1.82) is 0 Å². The number of para-hydroxylation sites is 2. The Kier molecular flexibility index (Phi) is 10.1. The van der Waals surface area contributed by atoms with Crippen LogP contribution < -0.4 is 30.7 Å². The van der Waals surface area contributed by atoms with E-state index in [9.17, 15) is 24.0 Å². The molecule has 0 radical (unpaired) electrons. The number of H-pyrrole nitrogens is 1. The molecule has 0 fully saturated rings. The number of oxazole rings is 1. The Morgan fingerprint density at radius 1 is 0.984 bits per heavy atom. The summed E-state index contributed by atoms with van der Waals surface area (Å²) in [5, 5.41) is 12.6. The Hall–Kier alpha value is -6.94. The lowest BCUT2D eigenvalue weighted by Crippen LogP contribution is -2.49. The second-order valence-electron chi connectivity index (χ2n) is 15.4. The van der Waals surface area contributed by atoms with Gasteiger partial charge in [-0.25, -0.2) is 9.78 Å². The molecule has 0 saturated carbocycles. The van der Waals surface area contributed by atoms with E-state index in [1.807, 2.05) is 74.5 Å². The van der Waals surface area contributed by atoms with Gasteiger partial charge in [0.15, 0.2) is 29.2 Å². The van der Waals surface area contributed by atoms with Gasteiger partial charge in [-0.05, 0) is 51.2 Å². The van der Waals surface area contributed by atoms with Gasteiger partial charge in [-0.3, -0.25) is 19.2 Å². The van der Waals surface area contributed by atoms with Crippen LogP contribution in [0.15, 0.2) is 100 Å². The number of nitrogens with zero attached hydrogens (tertiary/aromatic N) is 1. The molecule has 3 aliphatic heterocycles. The number of aromatic nitrogens is 2. The molecule has 15 nitrogen and oxygen atoms in total. The number of amides is 3. The fraction of sp³-hybridized carbons (Fsp3) is 0.244. The number of halogens is 1. The second-order valence-corrected chi connectivity index (χ2v) is 16.3. The number of Topliss-reactive ketones (excluding diaryl/α,β-unsaturated/α-hetero) is 1. The molecule has 0 aliphatic carbocycles. The first-order valence-corrected chi connectivity index (χ1v) is 20.5. The van der Waals surface area contributed by atoms with Gasteiger partial charge in [-0.2, -0.15) is 0 Å². The fourth-order valence-electron chi connectivity index (χ4n) is 8.34. The van der Waals surface area contributed by atoms with E-state index in [1.54, 1.807) is 24.3 Å². The van der Waals surface area contributed by atoms with Crippen molar-refractivity contribution >= 4 is 62.2 Å². The van der Waals surface area contributed by atoms with Crippen molar-refractivity contribution in [2.75, 3.05) is 11.9 Å². The number of anilines is 1. The van der Waals surface area contributed by atoms with Gasteiger partial charge in [0.1, 0.15) is 29.9 Å². The first kappa shape index (κ1) is 39.5. The van der Waals surface area contributed by atoms with Crippen LogP contribution in [0, 0.1) is 5.92 Å². The molecule has 1 spiro atoms. The molecule has 0 saturated heterocycles. The Bertz CT molecular complexity index is 2770. The normalized spacial score (nSPS) is 19.6. The molecule has 6 aromatic rings. The maximum absolute atomic E-state index is 14.6. The number of hydrogen-bond donors (Lipinski definition) is 5. The standard InChI is InChI=1S/C45H39BrN6O9/c1-22(2)35-42-51-38(41(56)48-20-32(54)27-19-47-36-26(27)11-7-14-34(36)59-23(3)53)39(61-42)45-28-12-8-13-30(46)37(28)52-43(45)60-33-16-15-25(17-29(33)45)18-31(40(55)50-35)49-44(57)58-21-24-9-5-4-6-10-24/h4-17,19,22,31,35,43,47,52H,18,20-21H2,1-3H3,(H,48,56)(H,49,57)(H,50,55)/t31-,35?,43-,45?/m0/s1. The first-order chi connectivity index (χ1) is 29.4. The molecule has 4 atom stereocenters. The van der Waals surface area contributed by atoms with E-state index in [-0.39, 0.29) is 47.6 Å². The second kappa shape index (κ2) is 15.6. The largest absolute Gasteiger partial charge is 0.469 e. The summed E-state index contributed by atoms with van der Waals surface area (Å²) in [6.45, 7) is 4.61. The van der Waals surface area contributed by atoms with Crippen molar-refractivity contribution in [2.45, 2.75) is 57.5 Å². The average Bonchev–Trinajstić information content (AvgIpc) is 4.02. The van der Waals surface area contributed by atoms with Crippen LogP contribution in [0.4, 0.5) is 10.5 Å². The Morgan fingerprint density at radius 2 is 1.79 bits per heavy atom. The molecule has 5 N–H and O–H groups in total. The van der Waals surface area contributed by atoms with Crippen LogP contribution in [0.25, 0.3) is 10.9 Å². The summed E-state index contributed by atoms with van der Waals surface area (Å²) in [5.74, 6) is -1.52. The van der Waals surface area contributed by atoms with Gasteiger partial charge in [0, 0.05) is 46.1 Å². The summed E-state index contributed by atoms with van der Waals surface area (Å²) in [6.07, 6.45) is -0.000268. The van der Waals surface area contributed by atoms with Crippen molar-refractivity contribution in [3.63, 3.8) is 0 Å². The van der Waals surface area contributed by atoms with Crippen molar-refractivity contribution in [3.05, 3.63) is 141 Å². The van der Waals surface area contributed by atoms with Crippen molar-refractivity contribution in [1.82, 2.24) is 25.9 Å². The van der Waals surface area contributed by atoms with Gasteiger partial charge in [-0.15, -0.1) is 0 Å². The number of rotatable bonds is 9. The van der Waals surface area contributed by atoms with E-state index in [0.29, 0.717) is 27.8 Å². The molecular weight excluding hydrogens is 848 g/mol. The maximum atomic E-state index is 14.6. The van der Waals surface area contributed by atoms with Crippen molar-refractivity contribution in [3.8, 4) is 11.5 Å². The zero-order valence-electron chi connectivity index (χ0n) is 33.1. The Labute approximate surface area is 357 Å². The predicted molar refractivity (Wildman–Crippen MR) is 224 cm³/mol. The molecule has 61 heavy (non-hydrogen) atoms. The number of nitrogens with one attached hydrogen (secondary N) is 5. The molecule has 4 bridgehead atoms. The molecule has 2 aromatic heterocycles. The number of ketones is 1. The smallest absolute Gasteiger partial charge is 0.408 e. The molecule has 2 unspecified atom stereocenters. The van der Waals surface area contributed by atoms with E-state index in [4.69, 9.17) is 23.6 Å². The number of ether oxygens (including phenoxy) is 3. The van der Waals surface area contributed by atoms with Crippen LogP contribution in [0.1, 0.15) is 81.6 Å². The molecule has 16 heteroatoms. The zero-order chi connectivity index (χ0) is 42.6. The average molecular weight is 888 g/mol. The summed E-state index contributed by atoms with van der Waals surface area (Å²) in [6, 6.07) is 23.4. The quantitative estimate of drug-likeness (QED) is 0.0595. The van der Waals surface area contributed by atoms with Crippen LogP contribution in [-0.4, -0.2) is 58.4 Å². The van der Waals surface area contributed by atoms with Crippen molar-refractivity contribution < 1.29 is 42.6 Å². The minimum Gasteiger partial charge on any atom is -0.469 e. The third kappa shape index (κ3) is 6.95. The lowest BCUT2D eigenvalue weighted by Gasteiger charge is -2.28. The molecular formula is C45H39BrN6O9. The van der Waals surface area contributed by atoms with Crippen LogP contribution >= 0.6 is 15.9 Å². The van der Waals surface area contributed by atoms with Gasteiger partial charge in [-0.1, -0.05) is 80.6 Å². The number of carbonyl (C=O) groups is 5. The zero-order valence-corrected chi connectivity index (χ0v) is 34.7. The van der Waals surface area contributed by atoms with E-state index in [2.05, 4.69) is 42.2 Å². The van der Waals surface area contributed by atoms with Crippen LogP contribution in [-0.2, 0) is 32.8 Å². The molecule has 3 amide bonds. The van der Waals surface area contributed by atoms with Gasteiger partial charge in [0.05, 0.1) is 17.7 Å². The molecule has 310 valence electrons. The van der Waals surface area contributed by atoms with Gasteiger partial charge in [0.2, 0.25) is 11.8 Å². The van der Waals surface area contributed by atoms with Gasteiger partial charge >= 0.3 is 12.1 Å². The predicted octanol–water partition coefficient (Wildman–Crippen LogP) is 6.60. The minimum atomic E-state index is -1.29. The van der Waals surface area contributed by atoms with E-state index in [0.717, 1.165) is 21.3 Å². The minimum absolute atomic E-state index is 0.00597. The van der Waals surface area contributed by atoms with E-state index < -0.39 is 59.9 Å². The first-order valence-electron chi connectivity index (χ1n) is 19.7. The Balaban J connectivity index is 1.11. The number of alkyl carbamates (subject to hydrolysis) is 1. The number of carbonyl (C=O) groups excluding carboxylic acids is 5. The summed E-state index contributed by atoms with van der Waals surface area (Å²) in [4.78, 5) is 75.3. The van der Waals surface area contributed by atoms with E-state index >= 15 is 0 Å². The lowest BCUT2D eigenvalue weighted by atomic mass is 9.72. The molecule has 9 rings (SSSR count). The number of esters is 1. The maximum Gasteiger partial charge on any atom is 0.408 e. The van der Waals surface area contributed by atoms with Crippen LogP contribution in [0.3, 0.4) is 0 Å². The number of fused-ring (bicyclic) bond motifs is 5. The summed E-state index contributed by atoms with van der Waals surface area (Å²) in [5.41, 5.74) is 2.90. The number of aromatic amines is 1. The number of benzene rings is 4. The highest BCUT2D eigenvalue weighted by atomic mass is 79.9. The molecule has 4 aromatic carbocycles. The fourth-order valence-corrected chi connectivity index (χ4v) is 8.82. The van der Waals surface area contributed by atoms with Gasteiger partial charge in [0.25, 0.3) is 5.91 Å². The highest BCUT2D eigenvalue weighted by Gasteiger charge is 2.61. The monoisotopic (exact) mass is 886 g/mol. The SMILES string of the molecule is CC(=O)Oc1cccc2c(C(=O)CNC(=O)c3nc4oc3C35c6cc(ccc6O[C@@H]3Nc3c(Br)cccc35)C[C@H](NC(=O)OCc3ccccc3)C(=O)NC4C(C)C)c[nH]c12. The number of hydrogen-bond acceptors (Lipinski definition) is 11. The highest BCUT2D eigenvalue weighted by molar-refractivity contribution is 9.10. The Morgan fingerprint density at radius 3 is 2.57 bits per heavy atom. The topological polar surface area (TPSA) is 203 Å². The van der Waals surface area contributed by atoms with Gasteiger partial charge < -0.3 is 44.9 Å². The molecule has 5 heterocycles. The summed E-state index contributed by atoms with van der Waals surface area (Å²) < 4.78 is 25.0. The van der Waals surface area contributed by atoms with Crippen molar-refractivity contribution in [2.24, 2.45) is 5.92 Å². The summed E-state index contributed by atoms with van der Waals surface area (Å²) in [7, 11) is 0. The van der Waals surface area contributed by atoms with Crippen LogP contribution in [0.5, 0.6) is 11.5 Å². The third-order valence-electron chi connectivity index (χ3n) is 11.2. The third-order valence-corrected chi connectivity index (χ3v) is 11.8. The summed E-state index contributed by atoms with van der Waals surface area (Å²) >= 11 is 3.69. The van der Waals surface area contributed by atoms with Crippen LogP contribution in [0.2, 0.25) is 0 Å².